The molecule has 1 atom stereocenters. The molecule has 1 fully saturated rings. The van der Waals surface area contributed by atoms with Crippen LogP contribution in [-0.4, -0.2) is 25.1 Å². The van der Waals surface area contributed by atoms with Crippen LogP contribution in [0.1, 0.15) is 19.8 Å². The minimum atomic E-state index is -0.258. The van der Waals surface area contributed by atoms with E-state index < -0.39 is 0 Å². The van der Waals surface area contributed by atoms with Crippen LogP contribution in [0.5, 0.6) is 5.75 Å². The van der Waals surface area contributed by atoms with Gasteiger partial charge >= 0.3 is 0 Å². The van der Waals surface area contributed by atoms with Gasteiger partial charge in [-0.1, -0.05) is 12.1 Å². The van der Waals surface area contributed by atoms with Gasteiger partial charge < -0.3 is 15.4 Å². The second-order valence-corrected chi connectivity index (χ2v) is 4.35. The van der Waals surface area contributed by atoms with Gasteiger partial charge in [0.2, 0.25) is 5.91 Å². The van der Waals surface area contributed by atoms with Crippen LogP contribution in [0.3, 0.4) is 0 Å². The lowest BCUT2D eigenvalue weighted by molar-refractivity contribution is -0.121. The topological polar surface area (TPSA) is 50.4 Å². The Hall–Kier alpha value is -1.71. The average molecular weight is 234 g/mol. The van der Waals surface area contributed by atoms with Gasteiger partial charge in [-0.2, -0.15) is 0 Å². The molecule has 1 aromatic carbocycles. The lowest BCUT2D eigenvalue weighted by Crippen LogP contribution is -2.38. The molecule has 2 rings (SSSR count). The number of ether oxygens (including phenoxy) is 1. The lowest BCUT2D eigenvalue weighted by Gasteiger charge is -2.17. The SMILES string of the molecule is COc1ccccc1N[C@@H](C)C(=O)NC1CC1. The molecule has 0 bridgehead atoms. The Bertz CT molecular complexity index is 402. The molecule has 1 aromatic rings. The fourth-order valence-corrected chi connectivity index (χ4v) is 1.62. The maximum absolute atomic E-state index is 11.8. The number of rotatable bonds is 5. The zero-order valence-corrected chi connectivity index (χ0v) is 10.2. The molecular formula is C13H18N2O2. The van der Waals surface area contributed by atoms with E-state index in [2.05, 4.69) is 10.6 Å². The Balaban J connectivity index is 1.96. The van der Waals surface area contributed by atoms with Crippen LogP contribution in [0.25, 0.3) is 0 Å². The third kappa shape index (κ3) is 3.12. The molecule has 1 saturated carbocycles. The Morgan fingerprint density at radius 1 is 1.41 bits per heavy atom. The van der Waals surface area contributed by atoms with Gasteiger partial charge in [-0.3, -0.25) is 4.79 Å². The number of anilines is 1. The maximum atomic E-state index is 11.8. The number of benzene rings is 1. The highest BCUT2D eigenvalue weighted by Crippen LogP contribution is 2.24. The summed E-state index contributed by atoms with van der Waals surface area (Å²) in [7, 11) is 1.62. The van der Waals surface area contributed by atoms with Gasteiger partial charge in [-0.05, 0) is 31.9 Å². The van der Waals surface area contributed by atoms with E-state index >= 15 is 0 Å². The zero-order chi connectivity index (χ0) is 12.3. The van der Waals surface area contributed by atoms with E-state index in [1.807, 2.05) is 31.2 Å². The molecule has 0 unspecified atom stereocenters. The fraction of sp³-hybridized carbons (Fsp3) is 0.462. The number of hydrogen-bond donors (Lipinski definition) is 2. The molecule has 17 heavy (non-hydrogen) atoms. The number of methoxy groups -OCH3 is 1. The van der Waals surface area contributed by atoms with Gasteiger partial charge in [0, 0.05) is 6.04 Å². The first-order chi connectivity index (χ1) is 8.20. The average Bonchev–Trinajstić information content (AvgIpc) is 3.13. The Labute approximate surface area is 101 Å². The van der Waals surface area contributed by atoms with Crippen molar-refractivity contribution in [1.29, 1.82) is 0 Å². The Kier molecular flexibility index (Phi) is 3.52. The lowest BCUT2D eigenvalue weighted by atomic mass is 10.2. The quantitative estimate of drug-likeness (QED) is 0.816. The first-order valence-corrected chi connectivity index (χ1v) is 5.90. The summed E-state index contributed by atoms with van der Waals surface area (Å²) in [6.45, 7) is 1.85. The molecule has 1 aliphatic carbocycles. The predicted molar refractivity (Wildman–Crippen MR) is 67.2 cm³/mol. The van der Waals surface area contributed by atoms with E-state index in [9.17, 15) is 4.79 Å². The molecule has 0 heterocycles. The normalized spacial score (nSPS) is 16.1. The molecule has 92 valence electrons. The highest BCUT2D eigenvalue weighted by atomic mass is 16.5. The zero-order valence-electron chi connectivity index (χ0n) is 10.2. The highest BCUT2D eigenvalue weighted by molar-refractivity contribution is 5.85. The first-order valence-electron chi connectivity index (χ1n) is 5.90. The van der Waals surface area contributed by atoms with Crippen LogP contribution in [0, 0.1) is 0 Å². The van der Waals surface area contributed by atoms with Gasteiger partial charge in [0.05, 0.1) is 12.8 Å². The Morgan fingerprint density at radius 3 is 2.76 bits per heavy atom. The number of nitrogens with one attached hydrogen (secondary N) is 2. The third-order valence-corrected chi connectivity index (χ3v) is 2.80. The summed E-state index contributed by atoms with van der Waals surface area (Å²) < 4.78 is 5.23. The molecule has 0 radical (unpaired) electrons. The fourth-order valence-electron chi connectivity index (χ4n) is 1.62. The van der Waals surface area contributed by atoms with Gasteiger partial charge in [-0.15, -0.1) is 0 Å². The van der Waals surface area contributed by atoms with Crippen molar-refractivity contribution in [1.82, 2.24) is 5.32 Å². The van der Waals surface area contributed by atoms with Crippen LogP contribution in [0.2, 0.25) is 0 Å². The van der Waals surface area contributed by atoms with Crippen LogP contribution in [0.15, 0.2) is 24.3 Å². The summed E-state index contributed by atoms with van der Waals surface area (Å²) >= 11 is 0. The monoisotopic (exact) mass is 234 g/mol. The number of hydrogen-bond acceptors (Lipinski definition) is 3. The largest absolute Gasteiger partial charge is 0.495 e. The smallest absolute Gasteiger partial charge is 0.242 e. The molecule has 2 N–H and O–H groups in total. The summed E-state index contributed by atoms with van der Waals surface area (Å²) in [5.41, 5.74) is 0.841. The molecule has 0 aromatic heterocycles. The second kappa shape index (κ2) is 5.08. The van der Waals surface area contributed by atoms with Crippen LogP contribution < -0.4 is 15.4 Å². The van der Waals surface area contributed by atoms with Gasteiger partial charge in [-0.25, -0.2) is 0 Å². The summed E-state index contributed by atoms with van der Waals surface area (Å²) in [5.74, 6) is 0.789. The minimum Gasteiger partial charge on any atom is -0.495 e. The van der Waals surface area contributed by atoms with Gasteiger partial charge in [0.25, 0.3) is 0 Å². The Morgan fingerprint density at radius 2 is 2.12 bits per heavy atom. The van der Waals surface area contributed by atoms with E-state index in [1.165, 1.54) is 0 Å². The molecule has 0 aliphatic heterocycles. The first kappa shape index (κ1) is 11.8. The van der Waals surface area contributed by atoms with E-state index in [0.29, 0.717) is 6.04 Å². The number of carbonyl (C=O) groups is 1. The van der Waals surface area contributed by atoms with Crippen molar-refractivity contribution in [2.24, 2.45) is 0 Å². The van der Waals surface area contributed by atoms with Crippen molar-refractivity contribution in [3.8, 4) is 5.75 Å². The van der Waals surface area contributed by atoms with Crippen LogP contribution >= 0.6 is 0 Å². The van der Waals surface area contributed by atoms with E-state index in [4.69, 9.17) is 4.74 Å². The standard InChI is InChI=1S/C13H18N2O2/c1-9(13(16)15-10-7-8-10)14-11-5-3-4-6-12(11)17-2/h3-6,9-10,14H,7-8H2,1-2H3,(H,15,16)/t9-/m0/s1. The predicted octanol–water partition coefficient (Wildman–Crippen LogP) is 1.77. The number of para-hydroxylation sites is 2. The van der Waals surface area contributed by atoms with Crippen molar-refractivity contribution in [2.75, 3.05) is 12.4 Å². The summed E-state index contributed by atoms with van der Waals surface area (Å²) in [5, 5.41) is 6.13. The van der Waals surface area contributed by atoms with Crippen molar-refractivity contribution >= 4 is 11.6 Å². The van der Waals surface area contributed by atoms with Crippen molar-refractivity contribution in [3.05, 3.63) is 24.3 Å². The molecule has 1 aliphatic rings. The van der Waals surface area contributed by atoms with Crippen molar-refractivity contribution in [2.45, 2.75) is 31.8 Å². The van der Waals surface area contributed by atoms with E-state index in [1.54, 1.807) is 7.11 Å². The molecular weight excluding hydrogens is 216 g/mol. The molecule has 1 amide bonds. The molecule has 0 spiro atoms. The minimum absolute atomic E-state index is 0.0402. The molecule has 4 heteroatoms. The van der Waals surface area contributed by atoms with E-state index in [-0.39, 0.29) is 11.9 Å². The van der Waals surface area contributed by atoms with Gasteiger partial charge in [0.15, 0.2) is 0 Å². The van der Waals surface area contributed by atoms with E-state index in [0.717, 1.165) is 24.3 Å². The molecule has 4 nitrogen and oxygen atoms in total. The number of amides is 1. The summed E-state index contributed by atoms with van der Waals surface area (Å²) in [6.07, 6.45) is 2.21. The molecule has 0 saturated heterocycles. The van der Waals surface area contributed by atoms with Crippen molar-refractivity contribution < 1.29 is 9.53 Å². The maximum Gasteiger partial charge on any atom is 0.242 e. The van der Waals surface area contributed by atoms with Gasteiger partial charge in [0.1, 0.15) is 11.8 Å². The third-order valence-electron chi connectivity index (χ3n) is 2.80. The van der Waals surface area contributed by atoms with Crippen LogP contribution in [0.4, 0.5) is 5.69 Å². The second-order valence-electron chi connectivity index (χ2n) is 4.35. The number of carbonyl (C=O) groups excluding carboxylic acids is 1. The summed E-state index contributed by atoms with van der Waals surface area (Å²) in [6, 6.07) is 7.72. The highest BCUT2D eigenvalue weighted by Gasteiger charge is 2.25. The van der Waals surface area contributed by atoms with Crippen LogP contribution in [-0.2, 0) is 4.79 Å². The van der Waals surface area contributed by atoms with Crippen molar-refractivity contribution in [3.63, 3.8) is 0 Å². The summed E-state index contributed by atoms with van der Waals surface area (Å²) in [4.78, 5) is 11.8.